The van der Waals surface area contributed by atoms with Crippen molar-refractivity contribution in [3.05, 3.63) is 53.2 Å². The Hall–Kier alpha value is -2.36. The van der Waals surface area contributed by atoms with Crippen molar-refractivity contribution in [1.82, 2.24) is 4.98 Å². The first-order valence-corrected chi connectivity index (χ1v) is 8.77. The van der Waals surface area contributed by atoms with Crippen LogP contribution in [0.15, 0.2) is 36.5 Å². The van der Waals surface area contributed by atoms with Gasteiger partial charge in [0, 0.05) is 25.0 Å². The molecule has 1 amide bonds. The van der Waals surface area contributed by atoms with Crippen molar-refractivity contribution >= 4 is 17.4 Å². The van der Waals surface area contributed by atoms with Crippen molar-refractivity contribution in [3.63, 3.8) is 0 Å². The van der Waals surface area contributed by atoms with E-state index in [4.69, 9.17) is 0 Å². The Labute approximate surface area is 144 Å². The van der Waals surface area contributed by atoms with Crippen molar-refractivity contribution in [2.75, 3.05) is 23.3 Å². The van der Waals surface area contributed by atoms with E-state index in [0.717, 1.165) is 48.6 Å². The van der Waals surface area contributed by atoms with Crippen LogP contribution >= 0.6 is 0 Å². The van der Waals surface area contributed by atoms with E-state index in [9.17, 15) is 4.79 Å². The highest BCUT2D eigenvalue weighted by Gasteiger charge is 2.13. The number of nitrogens with zero attached hydrogens (tertiary/aromatic N) is 2. The molecule has 0 fully saturated rings. The fraction of sp³-hybridized carbons (Fsp3) is 0.400. The van der Waals surface area contributed by atoms with Gasteiger partial charge in [0.1, 0.15) is 5.82 Å². The summed E-state index contributed by atoms with van der Waals surface area (Å²) in [5.41, 5.74) is 3.85. The Bertz CT molecular complexity index is 654. The standard InChI is InChI=1S/C20H27N3O/c1-5-15-10-9-11-16(6-2)19(15)22-20(24)17-12-13-18(21-14-17)23(7-3)8-4/h9-14H,5-8H2,1-4H3,(H,22,24). The van der Waals surface area contributed by atoms with Gasteiger partial charge in [-0.2, -0.15) is 0 Å². The van der Waals surface area contributed by atoms with E-state index in [-0.39, 0.29) is 5.91 Å². The lowest BCUT2D eigenvalue weighted by Gasteiger charge is -2.19. The minimum absolute atomic E-state index is 0.107. The number of nitrogens with one attached hydrogen (secondary N) is 1. The number of anilines is 2. The van der Waals surface area contributed by atoms with Gasteiger partial charge in [-0.25, -0.2) is 4.98 Å². The lowest BCUT2D eigenvalue weighted by Crippen LogP contribution is -2.23. The molecule has 0 unspecified atom stereocenters. The zero-order chi connectivity index (χ0) is 17.5. The summed E-state index contributed by atoms with van der Waals surface area (Å²) >= 11 is 0. The number of carbonyl (C=O) groups excluding carboxylic acids is 1. The number of amides is 1. The molecular weight excluding hydrogens is 298 g/mol. The van der Waals surface area contributed by atoms with E-state index >= 15 is 0 Å². The van der Waals surface area contributed by atoms with Crippen LogP contribution in [0.3, 0.4) is 0 Å². The molecule has 0 saturated carbocycles. The molecule has 0 spiro atoms. The van der Waals surface area contributed by atoms with Crippen molar-refractivity contribution in [3.8, 4) is 0 Å². The van der Waals surface area contributed by atoms with E-state index in [1.54, 1.807) is 6.20 Å². The monoisotopic (exact) mass is 325 g/mol. The molecule has 0 saturated heterocycles. The van der Waals surface area contributed by atoms with Crippen LogP contribution in [-0.2, 0) is 12.8 Å². The summed E-state index contributed by atoms with van der Waals surface area (Å²) in [6.07, 6.45) is 3.44. The molecule has 2 rings (SSSR count). The Morgan fingerprint density at radius 1 is 1.00 bits per heavy atom. The molecule has 24 heavy (non-hydrogen) atoms. The van der Waals surface area contributed by atoms with E-state index in [2.05, 4.69) is 55.0 Å². The molecular formula is C20H27N3O. The number of hydrogen-bond donors (Lipinski definition) is 1. The second-order valence-corrected chi connectivity index (χ2v) is 5.69. The number of carbonyl (C=O) groups is 1. The van der Waals surface area contributed by atoms with Gasteiger partial charge in [0.2, 0.25) is 0 Å². The SMILES string of the molecule is CCc1cccc(CC)c1NC(=O)c1ccc(N(CC)CC)nc1. The summed E-state index contributed by atoms with van der Waals surface area (Å²) in [4.78, 5) is 19.2. The fourth-order valence-corrected chi connectivity index (χ4v) is 2.84. The van der Waals surface area contributed by atoms with Crippen LogP contribution in [0.1, 0.15) is 49.2 Å². The first kappa shape index (κ1) is 18.0. The average Bonchev–Trinajstić information content (AvgIpc) is 2.63. The van der Waals surface area contributed by atoms with Crippen molar-refractivity contribution in [2.45, 2.75) is 40.5 Å². The molecule has 1 N–H and O–H groups in total. The maximum absolute atomic E-state index is 12.6. The fourth-order valence-electron chi connectivity index (χ4n) is 2.84. The first-order valence-electron chi connectivity index (χ1n) is 8.77. The van der Waals surface area contributed by atoms with Gasteiger partial charge < -0.3 is 10.2 Å². The summed E-state index contributed by atoms with van der Waals surface area (Å²) in [7, 11) is 0. The van der Waals surface area contributed by atoms with E-state index in [1.165, 1.54) is 0 Å². The molecule has 0 aliphatic carbocycles. The van der Waals surface area contributed by atoms with E-state index < -0.39 is 0 Å². The zero-order valence-electron chi connectivity index (χ0n) is 15.1. The highest BCUT2D eigenvalue weighted by Crippen LogP contribution is 2.23. The predicted molar refractivity (Wildman–Crippen MR) is 101 cm³/mol. The molecule has 2 aromatic rings. The van der Waals surface area contributed by atoms with Gasteiger partial charge in [-0.15, -0.1) is 0 Å². The van der Waals surface area contributed by atoms with Gasteiger partial charge in [0.05, 0.1) is 5.56 Å². The third-order valence-electron chi connectivity index (χ3n) is 4.33. The van der Waals surface area contributed by atoms with Crippen LogP contribution in [0.4, 0.5) is 11.5 Å². The molecule has 0 aliphatic rings. The number of benzene rings is 1. The van der Waals surface area contributed by atoms with Crippen LogP contribution in [0.25, 0.3) is 0 Å². The summed E-state index contributed by atoms with van der Waals surface area (Å²) in [6, 6.07) is 9.94. The maximum atomic E-state index is 12.6. The van der Waals surface area contributed by atoms with Gasteiger partial charge in [0.25, 0.3) is 5.91 Å². The maximum Gasteiger partial charge on any atom is 0.257 e. The Kier molecular flexibility index (Phi) is 6.36. The van der Waals surface area contributed by atoms with Crippen LogP contribution in [-0.4, -0.2) is 24.0 Å². The molecule has 0 bridgehead atoms. The first-order chi connectivity index (χ1) is 11.6. The molecule has 1 aromatic carbocycles. The second-order valence-electron chi connectivity index (χ2n) is 5.69. The van der Waals surface area contributed by atoms with Gasteiger partial charge in [0.15, 0.2) is 0 Å². The van der Waals surface area contributed by atoms with Crippen molar-refractivity contribution < 1.29 is 4.79 Å². The number of rotatable bonds is 7. The van der Waals surface area contributed by atoms with E-state index in [0.29, 0.717) is 5.56 Å². The molecule has 0 atom stereocenters. The summed E-state index contributed by atoms with van der Waals surface area (Å²) in [5, 5.41) is 3.08. The molecule has 4 nitrogen and oxygen atoms in total. The number of para-hydroxylation sites is 1. The van der Waals surface area contributed by atoms with Gasteiger partial charge >= 0.3 is 0 Å². The van der Waals surface area contributed by atoms with Crippen LogP contribution < -0.4 is 10.2 Å². The quantitative estimate of drug-likeness (QED) is 0.825. The minimum Gasteiger partial charge on any atom is -0.357 e. The van der Waals surface area contributed by atoms with Crippen LogP contribution in [0, 0.1) is 0 Å². The zero-order valence-corrected chi connectivity index (χ0v) is 15.1. The van der Waals surface area contributed by atoms with E-state index in [1.807, 2.05) is 18.2 Å². The van der Waals surface area contributed by atoms with Gasteiger partial charge in [-0.05, 0) is 49.9 Å². The number of aryl methyl sites for hydroxylation is 2. The predicted octanol–water partition coefficient (Wildman–Crippen LogP) is 4.30. The molecule has 0 aliphatic heterocycles. The number of hydrogen-bond acceptors (Lipinski definition) is 3. The molecule has 128 valence electrons. The summed E-state index contributed by atoms with van der Waals surface area (Å²) in [5.74, 6) is 0.795. The third kappa shape index (κ3) is 3.94. The Balaban J connectivity index is 2.22. The lowest BCUT2D eigenvalue weighted by atomic mass is 10.0. The molecule has 4 heteroatoms. The Morgan fingerprint density at radius 3 is 2.08 bits per heavy atom. The Morgan fingerprint density at radius 2 is 1.62 bits per heavy atom. The van der Waals surface area contributed by atoms with Crippen molar-refractivity contribution in [2.24, 2.45) is 0 Å². The van der Waals surface area contributed by atoms with Gasteiger partial charge in [-0.1, -0.05) is 32.0 Å². The summed E-state index contributed by atoms with van der Waals surface area (Å²) in [6.45, 7) is 10.2. The van der Waals surface area contributed by atoms with Crippen LogP contribution in [0.5, 0.6) is 0 Å². The average molecular weight is 325 g/mol. The topological polar surface area (TPSA) is 45.2 Å². The summed E-state index contributed by atoms with van der Waals surface area (Å²) < 4.78 is 0. The second kappa shape index (κ2) is 8.48. The minimum atomic E-state index is -0.107. The number of aromatic nitrogens is 1. The third-order valence-corrected chi connectivity index (χ3v) is 4.33. The highest BCUT2D eigenvalue weighted by molar-refractivity contribution is 6.05. The normalized spacial score (nSPS) is 10.5. The lowest BCUT2D eigenvalue weighted by molar-refractivity contribution is 0.102. The molecule has 0 radical (unpaired) electrons. The molecule has 1 aromatic heterocycles. The molecule has 1 heterocycles. The largest absolute Gasteiger partial charge is 0.357 e. The van der Waals surface area contributed by atoms with Crippen LogP contribution in [0.2, 0.25) is 0 Å². The highest BCUT2D eigenvalue weighted by atomic mass is 16.1. The smallest absolute Gasteiger partial charge is 0.257 e. The number of pyridine rings is 1. The van der Waals surface area contributed by atoms with Crippen molar-refractivity contribution in [1.29, 1.82) is 0 Å². The van der Waals surface area contributed by atoms with Gasteiger partial charge in [-0.3, -0.25) is 4.79 Å².